The third-order valence-electron chi connectivity index (χ3n) is 3.21. The van der Waals surface area contributed by atoms with E-state index < -0.39 is 0 Å². The van der Waals surface area contributed by atoms with E-state index in [-0.39, 0.29) is 5.91 Å². The highest BCUT2D eigenvalue weighted by atomic mass is 35.5. The Bertz CT molecular complexity index is 716. The topological polar surface area (TPSA) is 69.2 Å². The van der Waals surface area contributed by atoms with Crippen LogP contribution in [0.1, 0.15) is 21.5 Å². The first-order chi connectivity index (χ1) is 9.58. The van der Waals surface area contributed by atoms with Crippen molar-refractivity contribution in [2.24, 2.45) is 0 Å². The van der Waals surface area contributed by atoms with Gasteiger partial charge in [-0.3, -0.25) is 10.2 Å². The Kier molecular flexibility index (Phi) is 3.20. The van der Waals surface area contributed by atoms with Gasteiger partial charge in [0.25, 0.3) is 5.91 Å². The van der Waals surface area contributed by atoms with Gasteiger partial charge < -0.3 is 5.73 Å². The Labute approximate surface area is 125 Å². The van der Waals surface area contributed by atoms with Gasteiger partial charge in [-0.05, 0) is 17.7 Å². The van der Waals surface area contributed by atoms with Crippen molar-refractivity contribution >= 4 is 40.5 Å². The van der Waals surface area contributed by atoms with Gasteiger partial charge >= 0.3 is 0 Å². The maximum absolute atomic E-state index is 11.6. The fourth-order valence-corrected chi connectivity index (χ4v) is 2.62. The lowest BCUT2D eigenvalue weighted by Gasteiger charge is -2.12. The number of fused-ring (bicyclic) bond motifs is 1. The van der Waals surface area contributed by atoms with E-state index in [4.69, 9.17) is 28.9 Å². The minimum Gasteiger partial charge on any atom is -0.397 e. The first-order valence-corrected chi connectivity index (χ1v) is 6.69. The van der Waals surface area contributed by atoms with E-state index in [9.17, 15) is 4.79 Å². The summed E-state index contributed by atoms with van der Waals surface area (Å²) >= 11 is 12.4. The van der Waals surface area contributed by atoms with Crippen molar-refractivity contribution in [3.8, 4) is 0 Å². The molecule has 0 aromatic heterocycles. The number of hydrogen-bond acceptors (Lipinski definition) is 3. The van der Waals surface area contributed by atoms with E-state index in [1.54, 1.807) is 12.1 Å². The zero-order valence-corrected chi connectivity index (χ0v) is 11.8. The number of nitrogen functional groups attached to an aromatic ring is 1. The molecule has 4 nitrogen and oxygen atoms in total. The lowest BCUT2D eigenvalue weighted by molar-refractivity contribution is 0.0969. The van der Waals surface area contributed by atoms with E-state index >= 15 is 0 Å². The number of nitrogens with zero attached hydrogens (tertiary/aromatic N) is 1. The molecule has 1 amide bonds. The summed E-state index contributed by atoms with van der Waals surface area (Å²) in [5, 5.41) is 1.06. The lowest BCUT2D eigenvalue weighted by Crippen LogP contribution is -2.10. The smallest absolute Gasteiger partial charge is 0.295 e. The largest absolute Gasteiger partial charge is 0.397 e. The number of rotatable bonds is 2. The monoisotopic (exact) mass is 306 g/mol. The number of anilines is 2. The van der Waals surface area contributed by atoms with Crippen molar-refractivity contribution in [1.29, 1.82) is 0 Å². The molecule has 2 aromatic rings. The summed E-state index contributed by atoms with van der Waals surface area (Å²) < 4.78 is 0. The number of benzene rings is 2. The van der Waals surface area contributed by atoms with Gasteiger partial charge in [0, 0.05) is 17.0 Å². The Morgan fingerprint density at radius 2 is 2.00 bits per heavy atom. The van der Waals surface area contributed by atoms with E-state index in [1.807, 2.05) is 18.2 Å². The van der Waals surface area contributed by atoms with Crippen LogP contribution in [0.2, 0.25) is 10.0 Å². The minimum absolute atomic E-state index is 0.344. The average Bonchev–Trinajstić information content (AvgIpc) is 2.78. The maximum Gasteiger partial charge on any atom is 0.295 e. The number of carbonyl (C=O) groups is 1. The van der Waals surface area contributed by atoms with Crippen LogP contribution in [-0.4, -0.2) is 5.91 Å². The number of hydrogen-bond donors (Lipinski definition) is 2. The molecule has 2 aromatic carbocycles. The molecule has 6 heteroatoms. The Morgan fingerprint density at radius 1 is 1.25 bits per heavy atom. The van der Waals surface area contributed by atoms with E-state index in [0.717, 1.165) is 11.1 Å². The van der Waals surface area contributed by atoms with Crippen LogP contribution in [0.5, 0.6) is 0 Å². The number of nitrogens with one attached hydrogen (secondary N) is 1. The molecule has 0 saturated heterocycles. The molecule has 1 aliphatic heterocycles. The predicted molar refractivity (Wildman–Crippen MR) is 80.2 cm³/mol. The van der Waals surface area contributed by atoms with Gasteiger partial charge in [-0.25, -0.2) is 0 Å². The van der Waals surface area contributed by atoms with Gasteiger partial charge in [-0.15, -0.1) is 5.43 Å². The van der Waals surface area contributed by atoms with Gasteiger partial charge in [0.2, 0.25) is 0 Å². The van der Waals surface area contributed by atoms with Crippen LogP contribution in [0.15, 0.2) is 30.3 Å². The highest BCUT2D eigenvalue weighted by Crippen LogP contribution is 2.37. The summed E-state index contributed by atoms with van der Waals surface area (Å²) in [7, 11) is 0. The molecule has 0 spiro atoms. The molecule has 0 aliphatic carbocycles. The number of carbonyl (C=O) groups excluding carboxylic acids is 1. The van der Waals surface area contributed by atoms with Gasteiger partial charge in [0.15, 0.2) is 0 Å². The average molecular weight is 307 g/mol. The van der Waals surface area contributed by atoms with Crippen molar-refractivity contribution in [2.75, 3.05) is 11.2 Å². The van der Waals surface area contributed by atoms with Crippen molar-refractivity contribution in [1.82, 2.24) is 5.43 Å². The van der Waals surface area contributed by atoms with E-state index in [0.29, 0.717) is 33.4 Å². The number of amides is 1. The molecule has 3 N–H and O–H groups in total. The van der Waals surface area contributed by atoms with Gasteiger partial charge in [0.1, 0.15) is 0 Å². The first-order valence-electron chi connectivity index (χ1n) is 5.93. The minimum atomic E-state index is -0.344. The van der Waals surface area contributed by atoms with Crippen molar-refractivity contribution in [2.45, 2.75) is 6.42 Å². The maximum atomic E-state index is 11.6. The molecule has 0 unspecified atom stereocenters. The van der Waals surface area contributed by atoms with Crippen LogP contribution in [-0.2, 0) is 6.42 Å². The normalized spacial score (nSPS) is 12.8. The molecule has 1 aliphatic rings. The fraction of sp³-hybridized carbons (Fsp3) is 0.0714. The summed E-state index contributed by atoms with van der Waals surface area (Å²) in [6, 6.07) is 9.00. The Balaban J connectivity index is 2.13. The van der Waals surface area contributed by atoms with E-state index in [1.165, 1.54) is 0 Å². The van der Waals surface area contributed by atoms with Gasteiger partial charge in [0.05, 0.1) is 22.0 Å². The summed E-state index contributed by atoms with van der Waals surface area (Å²) in [6.07, 6.45) is 0.474. The molecule has 0 bridgehead atoms. The number of halogens is 2. The molecule has 3 rings (SSSR count). The third-order valence-corrected chi connectivity index (χ3v) is 4.03. The number of nitrogens with two attached hydrogens (primary N) is 1. The second-order valence-electron chi connectivity index (χ2n) is 4.48. The van der Waals surface area contributed by atoms with Gasteiger partial charge in [-0.1, -0.05) is 41.4 Å². The molecular formula is C14H10Cl2N3O. The van der Waals surface area contributed by atoms with Crippen LogP contribution >= 0.6 is 23.2 Å². The summed E-state index contributed by atoms with van der Waals surface area (Å²) in [6.45, 7) is 0. The second kappa shape index (κ2) is 4.89. The summed E-state index contributed by atoms with van der Waals surface area (Å²) in [5.74, 6) is -0.344. The van der Waals surface area contributed by atoms with Crippen LogP contribution in [0, 0.1) is 0 Å². The highest BCUT2D eigenvalue weighted by molar-refractivity contribution is 6.35. The quantitative estimate of drug-likeness (QED) is 0.837. The molecule has 0 saturated carbocycles. The Hall–Kier alpha value is -1.91. The summed E-state index contributed by atoms with van der Waals surface area (Å²) in [5.41, 5.74) is 15.3. The molecule has 1 radical (unpaired) electrons. The molecule has 1 heterocycles. The van der Waals surface area contributed by atoms with Crippen LogP contribution < -0.4 is 16.6 Å². The highest BCUT2D eigenvalue weighted by Gasteiger charge is 2.27. The molecular weight excluding hydrogens is 297 g/mol. The summed E-state index contributed by atoms with van der Waals surface area (Å²) in [4.78, 5) is 11.6. The second-order valence-corrected chi connectivity index (χ2v) is 5.26. The van der Waals surface area contributed by atoms with Crippen molar-refractivity contribution < 1.29 is 4.79 Å². The van der Waals surface area contributed by atoms with Crippen molar-refractivity contribution in [3.63, 3.8) is 0 Å². The zero-order chi connectivity index (χ0) is 14.3. The molecule has 101 valence electrons. The Morgan fingerprint density at radius 3 is 2.75 bits per heavy atom. The lowest BCUT2D eigenvalue weighted by atomic mass is 9.99. The third kappa shape index (κ3) is 2.07. The zero-order valence-electron chi connectivity index (χ0n) is 10.3. The van der Waals surface area contributed by atoms with Crippen LogP contribution in [0.25, 0.3) is 0 Å². The van der Waals surface area contributed by atoms with Gasteiger partial charge in [-0.2, -0.15) is 0 Å². The molecule has 0 fully saturated rings. The van der Waals surface area contributed by atoms with Crippen LogP contribution in [0.4, 0.5) is 11.4 Å². The SMILES string of the molecule is Nc1cc2c(c(Cc3ccccc3Cl)c1Cl)N[N]C2=O. The van der Waals surface area contributed by atoms with Crippen LogP contribution in [0.3, 0.4) is 0 Å². The standard InChI is InChI=1S/C14H10Cl2N3O/c15-10-4-2-1-3-7(10)5-8-12(16)11(17)6-9-13(8)18-19-14(9)20/h1-4,6,18H,5,17H2. The predicted octanol–water partition coefficient (Wildman–Crippen LogP) is 3.25. The molecule has 0 atom stereocenters. The first kappa shape index (κ1) is 13.1. The molecule has 20 heavy (non-hydrogen) atoms. The van der Waals surface area contributed by atoms with Crippen molar-refractivity contribution in [3.05, 3.63) is 57.1 Å². The fourth-order valence-electron chi connectivity index (χ4n) is 2.20. The van der Waals surface area contributed by atoms with E-state index in [2.05, 4.69) is 10.9 Å².